The first-order chi connectivity index (χ1) is 16.1. The molecule has 2 heterocycles. The second kappa shape index (κ2) is 10.9. The lowest BCUT2D eigenvalue weighted by molar-refractivity contribution is -0.126. The van der Waals surface area contributed by atoms with Gasteiger partial charge in [0.05, 0.1) is 11.4 Å². The van der Waals surface area contributed by atoms with Gasteiger partial charge in [0.2, 0.25) is 11.8 Å². The van der Waals surface area contributed by atoms with Gasteiger partial charge in [0, 0.05) is 24.1 Å². The summed E-state index contributed by atoms with van der Waals surface area (Å²) in [4.78, 5) is 45.5. The minimum atomic E-state index is -0.887. The van der Waals surface area contributed by atoms with E-state index in [1.807, 2.05) is 18.2 Å². The molecule has 8 heteroatoms. The highest BCUT2D eigenvalue weighted by molar-refractivity contribution is 7.12. The van der Waals surface area contributed by atoms with Gasteiger partial charge in [-0.2, -0.15) is 0 Å². The molecule has 3 aromatic rings. The van der Waals surface area contributed by atoms with Crippen molar-refractivity contribution in [2.45, 2.75) is 37.8 Å². The lowest BCUT2D eigenvalue weighted by Crippen LogP contribution is -2.49. The van der Waals surface area contributed by atoms with E-state index in [0.717, 1.165) is 25.7 Å². The molecule has 0 saturated heterocycles. The fourth-order valence-corrected chi connectivity index (χ4v) is 4.72. The predicted octanol–water partition coefficient (Wildman–Crippen LogP) is 3.71. The monoisotopic (exact) mass is 462 g/mol. The van der Waals surface area contributed by atoms with Crippen molar-refractivity contribution >= 4 is 34.7 Å². The highest BCUT2D eigenvalue weighted by atomic mass is 32.1. The van der Waals surface area contributed by atoms with Crippen LogP contribution in [0.4, 0.5) is 5.69 Å². The third-order valence-electron chi connectivity index (χ3n) is 5.68. The van der Waals surface area contributed by atoms with Gasteiger partial charge in [0.25, 0.3) is 5.91 Å². The first-order valence-corrected chi connectivity index (χ1v) is 11.9. The first kappa shape index (κ1) is 22.7. The molecule has 7 nitrogen and oxygen atoms in total. The Morgan fingerprint density at radius 1 is 1.00 bits per heavy atom. The maximum atomic E-state index is 13.5. The van der Waals surface area contributed by atoms with Gasteiger partial charge in [-0.15, -0.1) is 11.3 Å². The second-order valence-electron chi connectivity index (χ2n) is 7.93. The van der Waals surface area contributed by atoms with Crippen LogP contribution < -0.4 is 15.5 Å². The third kappa shape index (κ3) is 5.64. The fourth-order valence-electron chi connectivity index (χ4n) is 4.08. The van der Waals surface area contributed by atoms with E-state index in [0.29, 0.717) is 16.1 Å². The zero-order valence-electron chi connectivity index (χ0n) is 18.1. The Balaban J connectivity index is 1.63. The molecule has 1 saturated carbocycles. The average Bonchev–Trinajstić information content (AvgIpc) is 3.56. The van der Waals surface area contributed by atoms with E-state index in [4.69, 9.17) is 0 Å². The molecule has 4 rings (SSSR count). The van der Waals surface area contributed by atoms with Crippen LogP contribution in [0.25, 0.3) is 0 Å². The van der Waals surface area contributed by atoms with Crippen LogP contribution in [0.1, 0.15) is 47.0 Å². The fraction of sp³-hybridized carbons (Fsp3) is 0.280. The second-order valence-corrected chi connectivity index (χ2v) is 8.88. The molecule has 1 fully saturated rings. The number of carbonyl (C=O) groups is 3. The maximum Gasteiger partial charge on any atom is 0.261 e. The Morgan fingerprint density at radius 3 is 2.39 bits per heavy atom. The number of pyridine rings is 1. The molecule has 0 radical (unpaired) electrons. The summed E-state index contributed by atoms with van der Waals surface area (Å²) >= 11 is 1.31. The molecule has 1 unspecified atom stereocenters. The van der Waals surface area contributed by atoms with Crippen LogP contribution in [-0.2, 0) is 9.59 Å². The molecule has 170 valence electrons. The van der Waals surface area contributed by atoms with Crippen molar-refractivity contribution in [3.8, 4) is 0 Å². The molecule has 0 bridgehead atoms. The van der Waals surface area contributed by atoms with Crippen LogP contribution in [0, 0.1) is 0 Å². The number of hydrogen-bond acceptors (Lipinski definition) is 5. The minimum absolute atomic E-state index is 0.105. The number of amides is 3. The zero-order valence-corrected chi connectivity index (χ0v) is 19.0. The summed E-state index contributed by atoms with van der Waals surface area (Å²) in [5.41, 5.74) is 1.23. The first-order valence-electron chi connectivity index (χ1n) is 11.0. The molecule has 1 aliphatic rings. The van der Waals surface area contributed by atoms with E-state index in [9.17, 15) is 14.4 Å². The summed E-state index contributed by atoms with van der Waals surface area (Å²) < 4.78 is 0. The molecule has 2 N–H and O–H groups in total. The molecule has 0 spiro atoms. The molecule has 3 amide bonds. The van der Waals surface area contributed by atoms with Crippen molar-refractivity contribution in [3.05, 3.63) is 82.8 Å². The molecule has 0 aliphatic heterocycles. The number of hydrogen-bond donors (Lipinski definition) is 2. The summed E-state index contributed by atoms with van der Waals surface area (Å²) in [5.74, 6) is -0.938. The van der Waals surface area contributed by atoms with Gasteiger partial charge in [0.15, 0.2) is 0 Å². The summed E-state index contributed by atoms with van der Waals surface area (Å²) in [6, 6.07) is 15.3. The zero-order chi connectivity index (χ0) is 23.0. The third-order valence-corrected chi connectivity index (χ3v) is 6.55. The Kier molecular flexibility index (Phi) is 7.47. The van der Waals surface area contributed by atoms with E-state index in [1.54, 1.807) is 54.2 Å². The number of carbonyl (C=O) groups excluding carboxylic acids is 3. The lowest BCUT2D eigenvalue weighted by atomic mass is 10.0. The Labute approximate surface area is 196 Å². The van der Waals surface area contributed by atoms with Gasteiger partial charge in [-0.3, -0.25) is 24.3 Å². The van der Waals surface area contributed by atoms with Gasteiger partial charge < -0.3 is 10.6 Å². The van der Waals surface area contributed by atoms with E-state index in [1.165, 1.54) is 16.2 Å². The molecule has 33 heavy (non-hydrogen) atoms. The summed E-state index contributed by atoms with van der Waals surface area (Å²) in [5, 5.41) is 7.63. The topological polar surface area (TPSA) is 91.4 Å². The number of nitrogens with one attached hydrogen (secondary N) is 2. The maximum absolute atomic E-state index is 13.5. The summed E-state index contributed by atoms with van der Waals surface area (Å²) in [7, 11) is 0. The van der Waals surface area contributed by atoms with Crippen molar-refractivity contribution < 1.29 is 14.4 Å². The molecular formula is C25H26N4O3S. The van der Waals surface area contributed by atoms with E-state index in [-0.39, 0.29) is 30.3 Å². The number of rotatable bonds is 8. The molecule has 2 aromatic heterocycles. The Morgan fingerprint density at radius 2 is 1.73 bits per heavy atom. The van der Waals surface area contributed by atoms with Crippen molar-refractivity contribution in [3.63, 3.8) is 0 Å². The van der Waals surface area contributed by atoms with E-state index >= 15 is 0 Å². The van der Waals surface area contributed by atoms with Gasteiger partial charge in [-0.05, 0) is 54.1 Å². The van der Waals surface area contributed by atoms with Gasteiger partial charge in [-0.25, -0.2) is 0 Å². The highest BCUT2D eigenvalue weighted by Crippen LogP contribution is 2.29. The molecule has 1 aliphatic carbocycles. The largest absolute Gasteiger partial charge is 0.351 e. The van der Waals surface area contributed by atoms with Crippen LogP contribution >= 0.6 is 11.3 Å². The SMILES string of the molecule is O=C(NCC(=O)N(c1ccccc1)C(C(=O)NC1CCCC1)c1ccncc1)c1cccs1. The van der Waals surface area contributed by atoms with Crippen molar-refractivity contribution in [1.29, 1.82) is 0 Å². The quantitative estimate of drug-likeness (QED) is 0.534. The van der Waals surface area contributed by atoms with E-state index < -0.39 is 6.04 Å². The Hall–Kier alpha value is -3.52. The lowest BCUT2D eigenvalue weighted by Gasteiger charge is -2.32. The minimum Gasteiger partial charge on any atom is -0.351 e. The highest BCUT2D eigenvalue weighted by Gasteiger charge is 2.34. The van der Waals surface area contributed by atoms with Crippen molar-refractivity contribution in [2.75, 3.05) is 11.4 Å². The molecule has 1 atom stereocenters. The normalized spacial score (nSPS) is 14.4. The summed E-state index contributed by atoms with van der Waals surface area (Å²) in [6.45, 7) is -0.232. The van der Waals surface area contributed by atoms with Gasteiger partial charge in [0.1, 0.15) is 6.04 Å². The Bertz CT molecular complexity index is 1070. The van der Waals surface area contributed by atoms with E-state index in [2.05, 4.69) is 15.6 Å². The van der Waals surface area contributed by atoms with Crippen LogP contribution in [0.5, 0.6) is 0 Å². The smallest absolute Gasteiger partial charge is 0.261 e. The summed E-state index contributed by atoms with van der Waals surface area (Å²) in [6.07, 6.45) is 7.26. The van der Waals surface area contributed by atoms with Crippen LogP contribution in [0.15, 0.2) is 72.4 Å². The van der Waals surface area contributed by atoms with Gasteiger partial charge in [-0.1, -0.05) is 37.1 Å². The van der Waals surface area contributed by atoms with Gasteiger partial charge >= 0.3 is 0 Å². The number of anilines is 1. The molecular weight excluding hydrogens is 436 g/mol. The number of para-hydroxylation sites is 1. The number of aromatic nitrogens is 1. The number of benzene rings is 1. The average molecular weight is 463 g/mol. The number of thiophene rings is 1. The van der Waals surface area contributed by atoms with Crippen LogP contribution in [-0.4, -0.2) is 35.3 Å². The predicted molar refractivity (Wildman–Crippen MR) is 128 cm³/mol. The van der Waals surface area contributed by atoms with Crippen molar-refractivity contribution in [2.24, 2.45) is 0 Å². The number of nitrogens with zero attached hydrogens (tertiary/aromatic N) is 2. The van der Waals surface area contributed by atoms with Crippen LogP contribution in [0.3, 0.4) is 0 Å². The van der Waals surface area contributed by atoms with Crippen LogP contribution in [0.2, 0.25) is 0 Å². The van der Waals surface area contributed by atoms with Crippen molar-refractivity contribution in [1.82, 2.24) is 15.6 Å². The standard InChI is InChI=1S/C25H26N4O3S/c30-22(17-27-24(31)21-11-6-16-33-21)29(20-9-2-1-3-10-20)23(18-12-14-26-15-13-18)25(32)28-19-7-4-5-8-19/h1-3,6,9-16,19,23H,4-5,7-8,17H2,(H,27,31)(H,28,32). The molecule has 1 aromatic carbocycles.